The Balaban J connectivity index is 3.22. The molecule has 11 heavy (non-hydrogen) atoms. The van der Waals surface area contributed by atoms with Crippen LogP contribution in [0.2, 0.25) is 0 Å². The van der Waals surface area contributed by atoms with Gasteiger partial charge in [-0.3, -0.25) is 0 Å². The first-order valence-corrected chi connectivity index (χ1v) is 4.68. The van der Waals surface area contributed by atoms with Gasteiger partial charge in [-0.25, -0.2) is 8.78 Å². The maximum absolute atomic E-state index is 12.3. The average molecular weight is 241 g/mol. The molecule has 0 aliphatic carbocycles. The fourth-order valence-electron chi connectivity index (χ4n) is 0.852. The molecule has 62 valence electrons. The van der Waals surface area contributed by atoms with Crippen LogP contribution in [0.5, 0.6) is 0 Å². The van der Waals surface area contributed by atoms with Crippen molar-refractivity contribution >= 4 is 27.3 Å². The Bertz CT molecular complexity index is 268. The van der Waals surface area contributed by atoms with E-state index in [1.54, 1.807) is 6.92 Å². The standard InChI is InChI=1S/C7H7BrF2S/c1-3-4(2)11-6(8)5(3)7(9)10/h7H,1-2H3. The molecule has 0 unspecified atom stereocenters. The van der Waals surface area contributed by atoms with Gasteiger partial charge in [0.05, 0.1) is 3.79 Å². The number of halogens is 3. The van der Waals surface area contributed by atoms with Gasteiger partial charge in [-0.15, -0.1) is 11.3 Å². The number of alkyl halides is 2. The van der Waals surface area contributed by atoms with E-state index in [2.05, 4.69) is 15.9 Å². The van der Waals surface area contributed by atoms with Gasteiger partial charge >= 0.3 is 0 Å². The van der Waals surface area contributed by atoms with Crippen LogP contribution in [0.1, 0.15) is 22.4 Å². The number of hydrogen-bond acceptors (Lipinski definition) is 1. The van der Waals surface area contributed by atoms with Gasteiger partial charge < -0.3 is 0 Å². The van der Waals surface area contributed by atoms with Crippen LogP contribution in [-0.4, -0.2) is 0 Å². The van der Waals surface area contributed by atoms with E-state index in [0.29, 0.717) is 9.35 Å². The highest BCUT2D eigenvalue weighted by molar-refractivity contribution is 9.11. The first kappa shape index (κ1) is 9.13. The molecule has 0 spiro atoms. The molecule has 0 aliphatic heterocycles. The predicted molar refractivity (Wildman–Crippen MR) is 46.5 cm³/mol. The van der Waals surface area contributed by atoms with Crippen molar-refractivity contribution in [3.8, 4) is 0 Å². The van der Waals surface area contributed by atoms with Gasteiger partial charge in [-0.05, 0) is 35.3 Å². The Hall–Kier alpha value is 0.0400. The second-order valence-corrected chi connectivity index (χ2v) is 4.81. The van der Waals surface area contributed by atoms with Crippen LogP contribution in [-0.2, 0) is 0 Å². The van der Waals surface area contributed by atoms with E-state index < -0.39 is 6.43 Å². The molecule has 0 aromatic carbocycles. The van der Waals surface area contributed by atoms with E-state index in [-0.39, 0.29) is 5.56 Å². The zero-order valence-corrected chi connectivity index (χ0v) is 8.52. The van der Waals surface area contributed by atoms with Crippen LogP contribution >= 0.6 is 27.3 Å². The molecule has 0 N–H and O–H groups in total. The summed E-state index contributed by atoms with van der Waals surface area (Å²) in [6.45, 7) is 3.56. The van der Waals surface area contributed by atoms with E-state index in [0.717, 1.165) is 4.88 Å². The highest BCUT2D eigenvalue weighted by Crippen LogP contribution is 2.38. The molecule has 0 radical (unpaired) electrons. The lowest BCUT2D eigenvalue weighted by atomic mass is 10.2. The Kier molecular flexibility index (Phi) is 2.65. The first-order valence-electron chi connectivity index (χ1n) is 3.07. The van der Waals surface area contributed by atoms with Gasteiger partial charge in [0.1, 0.15) is 0 Å². The van der Waals surface area contributed by atoms with E-state index in [9.17, 15) is 8.78 Å². The van der Waals surface area contributed by atoms with Gasteiger partial charge in [-0.1, -0.05) is 0 Å². The fourth-order valence-corrected chi connectivity index (χ4v) is 2.94. The van der Waals surface area contributed by atoms with Crippen LogP contribution in [0.25, 0.3) is 0 Å². The molecule has 0 fully saturated rings. The quantitative estimate of drug-likeness (QED) is 0.695. The lowest BCUT2D eigenvalue weighted by molar-refractivity contribution is 0.150. The zero-order chi connectivity index (χ0) is 8.59. The van der Waals surface area contributed by atoms with Crippen LogP contribution < -0.4 is 0 Å². The molecule has 0 saturated heterocycles. The second kappa shape index (κ2) is 3.19. The van der Waals surface area contributed by atoms with Crippen molar-refractivity contribution in [2.45, 2.75) is 20.3 Å². The van der Waals surface area contributed by atoms with Gasteiger partial charge in [0.2, 0.25) is 0 Å². The predicted octanol–water partition coefficient (Wildman–Crippen LogP) is 4.07. The molecule has 0 bridgehead atoms. The largest absolute Gasteiger partial charge is 0.266 e. The minimum Gasteiger partial charge on any atom is -0.205 e. The third-order valence-corrected chi connectivity index (χ3v) is 3.53. The smallest absolute Gasteiger partial charge is 0.205 e. The zero-order valence-electron chi connectivity index (χ0n) is 6.12. The van der Waals surface area contributed by atoms with Crippen LogP contribution in [0, 0.1) is 13.8 Å². The van der Waals surface area contributed by atoms with Crippen LogP contribution in [0.4, 0.5) is 8.78 Å². The van der Waals surface area contributed by atoms with Gasteiger partial charge in [0.15, 0.2) is 0 Å². The third kappa shape index (κ3) is 1.62. The minimum absolute atomic E-state index is 0.146. The Morgan fingerprint density at radius 3 is 2.09 bits per heavy atom. The monoisotopic (exact) mass is 240 g/mol. The summed E-state index contributed by atoms with van der Waals surface area (Å²) in [5.41, 5.74) is 0.851. The van der Waals surface area contributed by atoms with Crippen molar-refractivity contribution in [3.63, 3.8) is 0 Å². The van der Waals surface area contributed by atoms with E-state index in [1.807, 2.05) is 6.92 Å². The SMILES string of the molecule is Cc1sc(Br)c(C(F)F)c1C. The lowest BCUT2D eigenvalue weighted by Gasteiger charge is -1.97. The normalized spacial score (nSPS) is 11.1. The van der Waals surface area contributed by atoms with Crippen molar-refractivity contribution in [1.82, 2.24) is 0 Å². The van der Waals surface area contributed by atoms with Gasteiger partial charge in [0.25, 0.3) is 6.43 Å². The van der Waals surface area contributed by atoms with E-state index in [1.165, 1.54) is 11.3 Å². The minimum atomic E-state index is -2.37. The lowest BCUT2D eigenvalue weighted by Crippen LogP contribution is -1.85. The molecular weight excluding hydrogens is 234 g/mol. The topological polar surface area (TPSA) is 0 Å². The molecule has 1 heterocycles. The molecule has 1 aromatic rings. The molecule has 4 heteroatoms. The third-order valence-electron chi connectivity index (χ3n) is 1.60. The number of thiophene rings is 1. The van der Waals surface area contributed by atoms with Crippen molar-refractivity contribution in [1.29, 1.82) is 0 Å². The van der Waals surface area contributed by atoms with Crippen LogP contribution in [0.3, 0.4) is 0 Å². The summed E-state index contributed by atoms with van der Waals surface area (Å²) >= 11 is 4.47. The number of aryl methyl sites for hydroxylation is 1. The van der Waals surface area contributed by atoms with Gasteiger partial charge in [-0.2, -0.15) is 0 Å². The number of rotatable bonds is 1. The first-order chi connectivity index (χ1) is 5.04. The van der Waals surface area contributed by atoms with Crippen LogP contribution in [0.15, 0.2) is 3.79 Å². The van der Waals surface area contributed by atoms with Crippen molar-refractivity contribution in [2.24, 2.45) is 0 Å². The summed E-state index contributed by atoms with van der Waals surface area (Å²) in [4.78, 5) is 0.951. The molecule has 0 nitrogen and oxygen atoms in total. The van der Waals surface area contributed by atoms with E-state index >= 15 is 0 Å². The van der Waals surface area contributed by atoms with Crippen molar-refractivity contribution in [2.75, 3.05) is 0 Å². The summed E-state index contributed by atoms with van der Waals surface area (Å²) in [5, 5.41) is 0. The molecule has 1 aromatic heterocycles. The highest BCUT2D eigenvalue weighted by Gasteiger charge is 2.18. The molecule has 0 atom stereocenters. The highest BCUT2D eigenvalue weighted by atomic mass is 79.9. The number of hydrogen-bond donors (Lipinski definition) is 0. The fraction of sp³-hybridized carbons (Fsp3) is 0.429. The molecule has 1 rings (SSSR count). The second-order valence-electron chi connectivity index (χ2n) is 2.27. The Morgan fingerprint density at radius 1 is 1.36 bits per heavy atom. The summed E-state index contributed by atoms with van der Waals surface area (Å²) < 4.78 is 25.1. The molecule has 0 aliphatic rings. The summed E-state index contributed by atoms with van der Waals surface area (Å²) in [5.74, 6) is 0. The molecule has 0 amide bonds. The summed E-state index contributed by atoms with van der Waals surface area (Å²) in [6, 6.07) is 0. The Morgan fingerprint density at radius 2 is 1.91 bits per heavy atom. The Labute approximate surface area is 76.4 Å². The average Bonchev–Trinajstić information content (AvgIpc) is 2.07. The van der Waals surface area contributed by atoms with Gasteiger partial charge in [0, 0.05) is 10.4 Å². The molecule has 0 saturated carbocycles. The van der Waals surface area contributed by atoms with E-state index in [4.69, 9.17) is 0 Å². The molecular formula is C7H7BrF2S. The van der Waals surface area contributed by atoms with Crippen molar-refractivity contribution < 1.29 is 8.78 Å². The van der Waals surface area contributed by atoms with Crippen molar-refractivity contribution in [3.05, 3.63) is 19.8 Å². The maximum Gasteiger partial charge on any atom is 0.266 e. The summed E-state index contributed by atoms with van der Waals surface area (Å²) in [6.07, 6.45) is -2.37. The maximum atomic E-state index is 12.3. The summed E-state index contributed by atoms with van der Waals surface area (Å²) in [7, 11) is 0.